The van der Waals surface area contributed by atoms with Gasteiger partial charge in [0.2, 0.25) is 0 Å². The molecular formula is C24H28N2O3. The summed E-state index contributed by atoms with van der Waals surface area (Å²) in [6.45, 7) is 5.46. The van der Waals surface area contributed by atoms with E-state index in [1.54, 1.807) is 13.2 Å². The summed E-state index contributed by atoms with van der Waals surface area (Å²) < 4.78 is 11.2. The number of fused-ring (bicyclic) bond motifs is 1. The van der Waals surface area contributed by atoms with E-state index in [0.717, 1.165) is 25.9 Å². The third kappa shape index (κ3) is 3.95. The second-order valence-corrected chi connectivity index (χ2v) is 7.89. The van der Waals surface area contributed by atoms with Crippen molar-refractivity contribution in [3.63, 3.8) is 0 Å². The fourth-order valence-corrected chi connectivity index (χ4v) is 4.16. The molecule has 3 aromatic rings. The highest BCUT2D eigenvalue weighted by molar-refractivity contribution is 5.95. The molecule has 1 aromatic heterocycles. The molecule has 0 aliphatic carbocycles. The van der Waals surface area contributed by atoms with Crippen LogP contribution >= 0.6 is 0 Å². The molecule has 1 fully saturated rings. The fourth-order valence-electron chi connectivity index (χ4n) is 4.16. The summed E-state index contributed by atoms with van der Waals surface area (Å²) >= 11 is 0. The molecule has 0 unspecified atom stereocenters. The zero-order chi connectivity index (χ0) is 20.4. The van der Waals surface area contributed by atoms with Crippen molar-refractivity contribution in [2.45, 2.75) is 38.7 Å². The van der Waals surface area contributed by atoms with Gasteiger partial charge in [0.1, 0.15) is 0 Å². The van der Waals surface area contributed by atoms with E-state index in [1.165, 1.54) is 16.5 Å². The van der Waals surface area contributed by atoms with Gasteiger partial charge in [0, 0.05) is 35.8 Å². The van der Waals surface area contributed by atoms with Crippen LogP contribution in [0.25, 0.3) is 10.9 Å². The number of piperidine rings is 1. The number of H-pyrrole nitrogens is 1. The maximum atomic E-state index is 13.0. The van der Waals surface area contributed by atoms with Crippen LogP contribution in [0.1, 0.15) is 48.5 Å². The summed E-state index contributed by atoms with van der Waals surface area (Å²) in [5.41, 5.74) is 3.19. The lowest BCUT2D eigenvalue weighted by Gasteiger charge is -2.32. The van der Waals surface area contributed by atoms with Gasteiger partial charge in [-0.15, -0.1) is 0 Å². The molecule has 4 rings (SSSR count). The zero-order valence-electron chi connectivity index (χ0n) is 17.3. The number of rotatable bonds is 5. The predicted molar refractivity (Wildman–Crippen MR) is 115 cm³/mol. The third-order valence-corrected chi connectivity index (χ3v) is 5.62. The van der Waals surface area contributed by atoms with E-state index in [1.807, 2.05) is 30.9 Å². The Morgan fingerprint density at radius 3 is 2.59 bits per heavy atom. The highest BCUT2D eigenvalue weighted by atomic mass is 16.5. The molecule has 1 aliphatic heterocycles. The van der Waals surface area contributed by atoms with Crippen molar-refractivity contribution in [1.29, 1.82) is 0 Å². The summed E-state index contributed by atoms with van der Waals surface area (Å²) in [6.07, 6.45) is 4.12. The van der Waals surface area contributed by atoms with Gasteiger partial charge in [0.25, 0.3) is 5.91 Å². The molecule has 0 bridgehead atoms. The van der Waals surface area contributed by atoms with Crippen LogP contribution in [0.3, 0.4) is 0 Å². The average molecular weight is 392 g/mol. The Kier molecular flexibility index (Phi) is 5.47. The fraction of sp³-hybridized carbons (Fsp3) is 0.375. The SMILES string of the molecule is COc1cc(C(=O)N2CCC(c3c[nH]c4ccccc34)CC2)ccc1OC(C)C. The van der Waals surface area contributed by atoms with Crippen molar-refractivity contribution >= 4 is 16.8 Å². The maximum absolute atomic E-state index is 13.0. The van der Waals surface area contributed by atoms with Crippen LogP contribution in [0.2, 0.25) is 0 Å². The Morgan fingerprint density at radius 1 is 1.10 bits per heavy atom. The number of nitrogens with zero attached hydrogens (tertiary/aromatic N) is 1. The highest BCUT2D eigenvalue weighted by Crippen LogP contribution is 2.34. The van der Waals surface area contributed by atoms with E-state index < -0.39 is 0 Å². The summed E-state index contributed by atoms with van der Waals surface area (Å²) in [5.74, 6) is 1.79. The Balaban J connectivity index is 1.45. The van der Waals surface area contributed by atoms with Crippen LogP contribution in [-0.4, -0.2) is 42.1 Å². The van der Waals surface area contributed by atoms with Gasteiger partial charge < -0.3 is 19.4 Å². The first kappa shape index (κ1) is 19.4. The molecule has 2 aromatic carbocycles. The Morgan fingerprint density at radius 2 is 1.86 bits per heavy atom. The van der Waals surface area contributed by atoms with Gasteiger partial charge in [0.15, 0.2) is 11.5 Å². The summed E-state index contributed by atoms with van der Waals surface area (Å²) in [4.78, 5) is 18.3. The van der Waals surface area contributed by atoms with Crippen molar-refractivity contribution in [1.82, 2.24) is 9.88 Å². The van der Waals surface area contributed by atoms with E-state index in [-0.39, 0.29) is 12.0 Å². The van der Waals surface area contributed by atoms with Gasteiger partial charge in [-0.05, 0) is 62.4 Å². The quantitative estimate of drug-likeness (QED) is 0.666. The Hall–Kier alpha value is -2.95. The minimum atomic E-state index is 0.0500. The minimum Gasteiger partial charge on any atom is -0.493 e. The van der Waals surface area contributed by atoms with Gasteiger partial charge in [-0.25, -0.2) is 0 Å². The second-order valence-electron chi connectivity index (χ2n) is 7.89. The normalized spacial score (nSPS) is 15.1. The molecule has 0 saturated carbocycles. The molecule has 2 heterocycles. The number of likely N-dealkylation sites (tertiary alicyclic amines) is 1. The van der Waals surface area contributed by atoms with Crippen LogP contribution in [0.4, 0.5) is 0 Å². The van der Waals surface area contributed by atoms with Gasteiger partial charge in [-0.1, -0.05) is 18.2 Å². The molecule has 5 nitrogen and oxygen atoms in total. The van der Waals surface area contributed by atoms with Crippen molar-refractivity contribution in [3.05, 3.63) is 59.8 Å². The molecule has 1 amide bonds. The lowest BCUT2D eigenvalue weighted by molar-refractivity contribution is 0.0713. The molecule has 1 aliphatic rings. The van der Waals surface area contributed by atoms with Crippen molar-refractivity contribution in [2.75, 3.05) is 20.2 Å². The summed E-state index contributed by atoms with van der Waals surface area (Å²) in [6, 6.07) is 13.8. The number of hydrogen-bond donors (Lipinski definition) is 1. The molecule has 1 N–H and O–H groups in total. The van der Waals surface area contributed by atoms with Gasteiger partial charge in [-0.2, -0.15) is 0 Å². The number of para-hydroxylation sites is 1. The van der Waals surface area contributed by atoms with Crippen molar-refractivity contribution in [3.8, 4) is 11.5 Å². The number of hydrogen-bond acceptors (Lipinski definition) is 3. The predicted octanol–water partition coefficient (Wildman–Crippen LogP) is 4.98. The minimum absolute atomic E-state index is 0.0500. The number of nitrogens with one attached hydrogen (secondary N) is 1. The first-order valence-corrected chi connectivity index (χ1v) is 10.3. The molecule has 0 radical (unpaired) electrons. The molecule has 0 spiro atoms. The molecule has 152 valence electrons. The first-order chi connectivity index (χ1) is 14.1. The van der Waals surface area contributed by atoms with Crippen molar-refractivity contribution < 1.29 is 14.3 Å². The number of amides is 1. The molecular weight excluding hydrogens is 364 g/mol. The zero-order valence-corrected chi connectivity index (χ0v) is 17.3. The lowest BCUT2D eigenvalue weighted by Crippen LogP contribution is -2.37. The van der Waals surface area contributed by atoms with E-state index in [0.29, 0.717) is 23.0 Å². The van der Waals surface area contributed by atoms with Gasteiger partial charge in [-0.3, -0.25) is 4.79 Å². The molecule has 5 heteroatoms. The standard InChI is InChI=1S/C24H28N2O3/c1-16(2)29-22-9-8-18(14-23(22)28-3)24(27)26-12-10-17(11-13-26)20-15-25-21-7-5-4-6-19(20)21/h4-9,14-17,25H,10-13H2,1-3H3. The van der Waals surface area contributed by atoms with E-state index in [9.17, 15) is 4.79 Å². The van der Waals surface area contributed by atoms with Crippen LogP contribution in [-0.2, 0) is 0 Å². The molecule has 29 heavy (non-hydrogen) atoms. The number of carbonyl (C=O) groups is 1. The van der Waals surface area contributed by atoms with Gasteiger partial charge >= 0.3 is 0 Å². The number of methoxy groups -OCH3 is 1. The van der Waals surface area contributed by atoms with Crippen LogP contribution in [0.15, 0.2) is 48.7 Å². The molecule has 0 atom stereocenters. The number of benzene rings is 2. The number of aromatic nitrogens is 1. The van der Waals surface area contributed by atoms with E-state index in [2.05, 4.69) is 35.4 Å². The van der Waals surface area contributed by atoms with E-state index in [4.69, 9.17) is 9.47 Å². The summed E-state index contributed by atoms with van der Waals surface area (Å²) in [7, 11) is 1.60. The highest BCUT2D eigenvalue weighted by Gasteiger charge is 2.26. The van der Waals surface area contributed by atoms with Crippen LogP contribution < -0.4 is 9.47 Å². The van der Waals surface area contributed by atoms with Gasteiger partial charge in [0.05, 0.1) is 13.2 Å². The van der Waals surface area contributed by atoms with Crippen molar-refractivity contribution in [2.24, 2.45) is 0 Å². The number of ether oxygens (including phenoxy) is 2. The lowest BCUT2D eigenvalue weighted by atomic mass is 9.89. The Labute approximate surface area is 171 Å². The van der Waals surface area contributed by atoms with Crippen LogP contribution in [0, 0.1) is 0 Å². The molecule has 1 saturated heterocycles. The largest absolute Gasteiger partial charge is 0.493 e. The second kappa shape index (κ2) is 8.19. The monoisotopic (exact) mass is 392 g/mol. The smallest absolute Gasteiger partial charge is 0.253 e. The van der Waals surface area contributed by atoms with E-state index >= 15 is 0 Å². The average Bonchev–Trinajstić information content (AvgIpc) is 3.17. The topological polar surface area (TPSA) is 54.6 Å². The Bertz CT molecular complexity index is 1000. The third-order valence-electron chi connectivity index (χ3n) is 5.62. The first-order valence-electron chi connectivity index (χ1n) is 10.3. The number of aromatic amines is 1. The number of carbonyl (C=O) groups excluding carboxylic acids is 1. The maximum Gasteiger partial charge on any atom is 0.253 e. The summed E-state index contributed by atoms with van der Waals surface area (Å²) in [5, 5.41) is 1.29. The van der Waals surface area contributed by atoms with Crippen LogP contribution in [0.5, 0.6) is 11.5 Å².